The lowest BCUT2D eigenvalue weighted by Gasteiger charge is -2.39. The fourth-order valence-corrected chi connectivity index (χ4v) is 1.15. The van der Waals surface area contributed by atoms with Gasteiger partial charge in [-0.15, -0.1) is 0 Å². The van der Waals surface area contributed by atoms with E-state index in [1.54, 1.807) is 0 Å². The SMILES string of the molecule is FC(=CC(F)(F)F)C(F)(F)C(F)(F)C(F)(F)C(F)(F)C(F)(F)C(F)(F)F. The number of hydrogen-bond donors (Lipinski definition) is 0. The third-order valence-electron chi connectivity index (χ3n) is 2.52. The molecule has 17 heteroatoms. The van der Waals surface area contributed by atoms with Gasteiger partial charge in [0, 0.05) is 0 Å². The smallest absolute Gasteiger partial charge is 0.205 e. The minimum atomic E-state index is -8.36. The van der Waals surface area contributed by atoms with Gasteiger partial charge in [0.05, 0.1) is 6.08 Å². The van der Waals surface area contributed by atoms with Crippen molar-refractivity contribution in [2.24, 2.45) is 0 Å². The van der Waals surface area contributed by atoms with Gasteiger partial charge in [-0.2, -0.15) is 70.2 Å². The van der Waals surface area contributed by atoms with Crippen LogP contribution in [0.5, 0.6) is 0 Å². The fraction of sp³-hybridized carbons (Fsp3) is 0.778. The second-order valence-corrected chi connectivity index (χ2v) is 4.40. The van der Waals surface area contributed by atoms with Gasteiger partial charge in [-0.25, -0.2) is 4.39 Å². The summed E-state index contributed by atoms with van der Waals surface area (Å²) in [5.41, 5.74) is 0. The molecular formula is C9HF17. The monoisotopic (exact) mass is 432 g/mol. The first-order chi connectivity index (χ1) is 10.9. The molecule has 0 bridgehead atoms. The lowest BCUT2D eigenvalue weighted by molar-refractivity contribution is -0.437. The third kappa shape index (κ3) is 3.52. The van der Waals surface area contributed by atoms with Crippen molar-refractivity contribution >= 4 is 0 Å². The summed E-state index contributed by atoms with van der Waals surface area (Å²) in [5.74, 6) is -45.0. The maximum absolute atomic E-state index is 12.9. The molecule has 0 rings (SSSR count). The van der Waals surface area contributed by atoms with Crippen molar-refractivity contribution in [3.63, 3.8) is 0 Å². The van der Waals surface area contributed by atoms with Gasteiger partial charge in [0.1, 0.15) is 0 Å². The first-order valence-electron chi connectivity index (χ1n) is 5.29. The number of allylic oxidation sites excluding steroid dienone is 2. The van der Waals surface area contributed by atoms with Gasteiger partial charge in [-0.3, -0.25) is 0 Å². The lowest BCUT2D eigenvalue weighted by atomic mass is 9.93. The first-order valence-corrected chi connectivity index (χ1v) is 5.29. The van der Waals surface area contributed by atoms with Crippen molar-refractivity contribution in [1.29, 1.82) is 0 Å². The first kappa shape index (κ1) is 24.6. The molecule has 0 aliphatic carbocycles. The number of hydrogen-bond acceptors (Lipinski definition) is 0. The van der Waals surface area contributed by atoms with E-state index in [-0.39, 0.29) is 0 Å². The van der Waals surface area contributed by atoms with E-state index < -0.39 is 53.9 Å². The van der Waals surface area contributed by atoms with Gasteiger partial charge in [0.15, 0.2) is 5.83 Å². The van der Waals surface area contributed by atoms with Crippen LogP contribution in [0.15, 0.2) is 11.9 Å². The van der Waals surface area contributed by atoms with Crippen LogP contribution in [0.2, 0.25) is 0 Å². The van der Waals surface area contributed by atoms with E-state index in [9.17, 15) is 74.6 Å². The second kappa shape index (κ2) is 6.03. The maximum atomic E-state index is 12.9. The van der Waals surface area contributed by atoms with E-state index in [4.69, 9.17) is 0 Å². The zero-order chi connectivity index (χ0) is 21.8. The largest absolute Gasteiger partial charge is 0.460 e. The molecule has 0 aromatic rings. The quantitative estimate of drug-likeness (QED) is 0.458. The zero-order valence-corrected chi connectivity index (χ0v) is 11.0. The highest BCUT2D eigenvalue weighted by Crippen LogP contribution is 2.61. The standard InChI is InChI=1S/C9HF17/c10-2(1-3(11,12)13)4(14,15)5(16,17)6(18,19)7(20,21)8(22,23)9(24,25)26/h1H. The minimum absolute atomic E-state index is 2.41. The number of alkyl halides is 16. The van der Waals surface area contributed by atoms with E-state index in [0.29, 0.717) is 0 Å². The maximum Gasteiger partial charge on any atom is 0.460 e. The molecule has 0 N–H and O–H groups in total. The van der Waals surface area contributed by atoms with Crippen molar-refractivity contribution in [3.8, 4) is 0 Å². The Balaban J connectivity index is 6.47. The van der Waals surface area contributed by atoms with Crippen LogP contribution in [0.4, 0.5) is 74.6 Å². The Morgan fingerprint density at radius 2 is 0.769 bits per heavy atom. The molecule has 0 saturated carbocycles. The van der Waals surface area contributed by atoms with Gasteiger partial charge >= 0.3 is 42.0 Å². The van der Waals surface area contributed by atoms with Gasteiger partial charge in [-0.1, -0.05) is 0 Å². The van der Waals surface area contributed by atoms with E-state index in [2.05, 4.69) is 0 Å². The Morgan fingerprint density at radius 1 is 0.462 bits per heavy atom. The Morgan fingerprint density at radius 3 is 1.04 bits per heavy atom. The van der Waals surface area contributed by atoms with Gasteiger partial charge in [0.25, 0.3) is 0 Å². The Hall–Kier alpha value is -1.45. The van der Waals surface area contributed by atoms with Crippen LogP contribution in [0.3, 0.4) is 0 Å². The molecule has 156 valence electrons. The summed E-state index contributed by atoms with van der Waals surface area (Å²) in [6.45, 7) is 0. The summed E-state index contributed by atoms with van der Waals surface area (Å²) >= 11 is 0. The van der Waals surface area contributed by atoms with Crippen LogP contribution in [0.1, 0.15) is 0 Å². The normalized spacial score (nSPS) is 16.9. The molecule has 0 atom stereocenters. The summed E-state index contributed by atoms with van der Waals surface area (Å²) < 4.78 is 210. The average Bonchev–Trinajstić information content (AvgIpc) is 2.34. The third-order valence-corrected chi connectivity index (χ3v) is 2.52. The van der Waals surface area contributed by atoms with E-state index in [1.165, 1.54) is 0 Å². The molecule has 0 nitrogen and oxygen atoms in total. The van der Waals surface area contributed by atoms with Gasteiger partial charge in [-0.05, 0) is 0 Å². The predicted molar refractivity (Wildman–Crippen MR) is 46.0 cm³/mol. The average molecular weight is 432 g/mol. The van der Waals surface area contributed by atoms with Crippen molar-refractivity contribution < 1.29 is 74.6 Å². The van der Waals surface area contributed by atoms with E-state index >= 15 is 0 Å². The Bertz CT molecular complexity index is 544. The molecule has 0 fully saturated rings. The highest BCUT2D eigenvalue weighted by Gasteiger charge is 2.91. The molecule has 26 heavy (non-hydrogen) atoms. The van der Waals surface area contributed by atoms with E-state index in [1.807, 2.05) is 0 Å². The van der Waals surface area contributed by atoms with Crippen LogP contribution in [0, 0.1) is 0 Å². The molecule has 0 saturated heterocycles. The summed E-state index contributed by atoms with van der Waals surface area (Å²) in [6.07, 6.45) is -16.3. The highest BCUT2D eigenvalue weighted by atomic mass is 19.4. The number of halogens is 17. The molecule has 0 aliphatic rings. The molecule has 0 spiro atoms. The van der Waals surface area contributed by atoms with E-state index in [0.717, 1.165) is 0 Å². The van der Waals surface area contributed by atoms with Crippen molar-refractivity contribution in [3.05, 3.63) is 11.9 Å². The summed E-state index contributed by atoms with van der Waals surface area (Å²) in [5, 5.41) is 0. The molecule has 0 amide bonds. The fourth-order valence-electron chi connectivity index (χ4n) is 1.15. The Kier molecular flexibility index (Phi) is 5.70. The van der Waals surface area contributed by atoms with Gasteiger partial charge in [0.2, 0.25) is 0 Å². The van der Waals surface area contributed by atoms with Crippen LogP contribution in [-0.4, -0.2) is 42.0 Å². The molecule has 0 radical (unpaired) electrons. The van der Waals surface area contributed by atoms with Crippen LogP contribution in [-0.2, 0) is 0 Å². The Labute approximate surface area is 130 Å². The summed E-state index contributed by atoms with van der Waals surface area (Å²) in [6, 6.07) is 0. The summed E-state index contributed by atoms with van der Waals surface area (Å²) in [4.78, 5) is 0. The molecule has 0 heterocycles. The highest BCUT2D eigenvalue weighted by molar-refractivity contribution is 5.19. The summed E-state index contributed by atoms with van der Waals surface area (Å²) in [7, 11) is 0. The predicted octanol–water partition coefficient (Wildman–Crippen LogP) is 6.14. The molecule has 0 aliphatic heterocycles. The van der Waals surface area contributed by atoms with Crippen LogP contribution >= 0.6 is 0 Å². The van der Waals surface area contributed by atoms with Crippen LogP contribution < -0.4 is 0 Å². The molecule has 0 unspecified atom stereocenters. The van der Waals surface area contributed by atoms with Crippen molar-refractivity contribution in [2.45, 2.75) is 42.0 Å². The van der Waals surface area contributed by atoms with Crippen molar-refractivity contribution in [2.75, 3.05) is 0 Å². The molecule has 0 aromatic heterocycles. The lowest BCUT2D eigenvalue weighted by Crippen LogP contribution is -2.70. The zero-order valence-electron chi connectivity index (χ0n) is 11.0. The van der Waals surface area contributed by atoms with Gasteiger partial charge < -0.3 is 0 Å². The number of rotatable bonds is 5. The molecular weight excluding hydrogens is 431 g/mol. The topological polar surface area (TPSA) is 0 Å². The minimum Gasteiger partial charge on any atom is -0.205 e. The molecule has 0 aromatic carbocycles. The van der Waals surface area contributed by atoms with Crippen molar-refractivity contribution in [1.82, 2.24) is 0 Å². The second-order valence-electron chi connectivity index (χ2n) is 4.40. The van der Waals surface area contributed by atoms with Crippen LogP contribution in [0.25, 0.3) is 0 Å².